The number of para-hydroxylation sites is 1. The number of amides is 1. The number of benzene rings is 4. The number of hydrogen-bond acceptors (Lipinski definition) is 3. The van der Waals surface area contributed by atoms with Crippen molar-refractivity contribution in [2.24, 2.45) is 0 Å². The first-order chi connectivity index (χ1) is 17.6. The van der Waals surface area contributed by atoms with E-state index in [1.165, 1.54) is 10.3 Å². The van der Waals surface area contributed by atoms with Gasteiger partial charge in [-0.15, -0.1) is 11.8 Å². The minimum Gasteiger partial charge on any atom is -0.354 e. The van der Waals surface area contributed by atoms with Gasteiger partial charge in [-0.2, -0.15) is 0 Å². The molecule has 36 heavy (non-hydrogen) atoms. The minimum absolute atomic E-state index is 0.151. The molecule has 0 atom stereocenters. The summed E-state index contributed by atoms with van der Waals surface area (Å²) in [5, 5.41) is 4.17. The Labute approximate surface area is 214 Å². The number of aryl methyl sites for hydroxylation is 1. The zero-order valence-corrected chi connectivity index (χ0v) is 20.8. The molecule has 4 nitrogen and oxygen atoms in total. The van der Waals surface area contributed by atoms with Gasteiger partial charge in [-0.25, -0.2) is 0 Å². The number of ketones is 1. The Bertz CT molecular complexity index is 1520. The van der Waals surface area contributed by atoms with Crippen LogP contribution in [0.1, 0.15) is 31.8 Å². The monoisotopic (exact) mass is 490 g/mol. The number of nitrogens with one attached hydrogen (secondary N) is 2. The highest BCUT2D eigenvalue weighted by molar-refractivity contribution is 7.99. The molecule has 5 rings (SSSR count). The fourth-order valence-corrected chi connectivity index (χ4v) is 5.28. The van der Waals surface area contributed by atoms with Crippen LogP contribution in [0, 0.1) is 6.92 Å². The number of H-pyrrole nitrogens is 1. The molecule has 0 aliphatic rings. The first-order valence-corrected chi connectivity index (χ1v) is 12.9. The second-order valence-electron chi connectivity index (χ2n) is 8.59. The number of carbonyl (C=O) groups is 2. The van der Waals surface area contributed by atoms with Crippen LogP contribution in [0.4, 0.5) is 0 Å². The Morgan fingerprint density at radius 2 is 1.44 bits per heavy atom. The molecule has 5 heteroatoms. The van der Waals surface area contributed by atoms with Gasteiger partial charge in [0.25, 0.3) is 5.91 Å². The molecule has 0 radical (unpaired) electrons. The summed E-state index contributed by atoms with van der Waals surface area (Å²) in [7, 11) is 0. The normalized spacial score (nSPS) is 10.9. The second kappa shape index (κ2) is 10.7. The summed E-state index contributed by atoms with van der Waals surface area (Å²) in [6.07, 6.45) is 0. The zero-order chi connectivity index (χ0) is 24.9. The van der Waals surface area contributed by atoms with Gasteiger partial charge < -0.3 is 10.3 Å². The van der Waals surface area contributed by atoms with E-state index in [2.05, 4.69) is 34.6 Å². The lowest BCUT2D eigenvalue weighted by Gasteiger charge is -2.10. The summed E-state index contributed by atoms with van der Waals surface area (Å²) in [5.41, 5.74) is 5.77. The van der Waals surface area contributed by atoms with E-state index in [-0.39, 0.29) is 11.7 Å². The van der Waals surface area contributed by atoms with Gasteiger partial charge in [0.1, 0.15) is 0 Å². The molecule has 0 fully saturated rings. The summed E-state index contributed by atoms with van der Waals surface area (Å²) in [5.74, 6) is 0.303. The molecule has 0 saturated heterocycles. The topological polar surface area (TPSA) is 62.0 Å². The number of aromatic nitrogens is 1. The molecule has 1 heterocycles. The van der Waals surface area contributed by atoms with E-state index >= 15 is 0 Å². The van der Waals surface area contributed by atoms with Crippen LogP contribution in [-0.2, 0) is 0 Å². The van der Waals surface area contributed by atoms with Crippen LogP contribution in [-0.4, -0.2) is 29.0 Å². The first-order valence-electron chi connectivity index (χ1n) is 11.9. The number of hydrogen-bond donors (Lipinski definition) is 2. The molecular weight excluding hydrogens is 464 g/mol. The molecule has 0 unspecified atom stereocenters. The van der Waals surface area contributed by atoms with Crippen molar-refractivity contribution in [2.75, 3.05) is 12.3 Å². The maximum Gasteiger partial charge on any atom is 0.252 e. The van der Waals surface area contributed by atoms with Crippen molar-refractivity contribution in [3.05, 3.63) is 125 Å². The lowest BCUT2D eigenvalue weighted by atomic mass is 9.97. The zero-order valence-electron chi connectivity index (χ0n) is 20.0. The molecule has 2 N–H and O–H groups in total. The highest BCUT2D eigenvalue weighted by Crippen LogP contribution is 2.37. The van der Waals surface area contributed by atoms with Crippen molar-refractivity contribution < 1.29 is 9.59 Å². The Balaban J connectivity index is 1.29. The van der Waals surface area contributed by atoms with Crippen molar-refractivity contribution in [2.45, 2.75) is 11.8 Å². The van der Waals surface area contributed by atoms with Gasteiger partial charge in [0.15, 0.2) is 5.78 Å². The molecular formula is C31H26N2O2S. The lowest BCUT2D eigenvalue weighted by molar-refractivity contribution is 0.0944. The van der Waals surface area contributed by atoms with Gasteiger partial charge in [-0.05, 0) is 24.6 Å². The van der Waals surface area contributed by atoms with Crippen LogP contribution < -0.4 is 5.32 Å². The van der Waals surface area contributed by atoms with E-state index in [0.29, 0.717) is 29.0 Å². The van der Waals surface area contributed by atoms with Crippen LogP contribution in [0.15, 0.2) is 108 Å². The number of fused-ring (bicyclic) bond motifs is 1. The lowest BCUT2D eigenvalue weighted by Crippen LogP contribution is -2.27. The summed E-state index contributed by atoms with van der Waals surface area (Å²) < 4.78 is 0. The van der Waals surface area contributed by atoms with Crippen LogP contribution in [0.25, 0.3) is 22.2 Å². The quantitative estimate of drug-likeness (QED) is 0.141. The number of thioether (sulfide) groups is 1. The molecule has 0 spiro atoms. The summed E-state index contributed by atoms with van der Waals surface area (Å²) in [6, 6.07) is 32.9. The van der Waals surface area contributed by atoms with E-state index in [0.717, 1.165) is 22.3 Å². The van der Waals surface area contributed by atoms with Crippen LogP contribution in [0.3, 0.4) is 0 Å². The average molecular weight is 491 g/mol. The Morgan fingerprint density at radius 3 is 2.22 bits per heavy atom. The van der Waals surface area contributed by atoms with Crippen molar-refractivity contribution in [3.8, 4) is 11.3 Å². The van der Waals surface area contributed by atoms with Gasteiger partial charge in [-0.1, -0.05) is 96.6 Å². The fraction of sp³-hybridized carbons (Fsp3) is 0.0968. The van der Waals surface area contributed by atoms with Gasteiger partial charge in [0.05, 0.1) is 11.3 Å². The molecule has 4 aromatic carbocycles. The Kier molecular flexibility index (Phi) is 7.01. The minimum atomic E-state index is -0.242. The first kappa shape index (κ1) is 23.6. The van der Waals surface area contributed by atoms with Crippen molar-refractivity contribution >= 4 is 34.4 Å². The highest BCUT2D eigenvalue weighted by Gasteiger charge is 2.18. The molecule has 0 saturated carbocycles. The molecule has 0 bridgehead atoms. The van der Waals surface area contributed by atoms with E-state index in [1.807, 2.05) is 49.4 Å². The Morgan fingerprint density at radius 1 is 0.778 bits per heavy atom. The van der Waals surface area contributed by atoms with Crippen molar-refractivity contribution in [1.82, 2.24) is 10.3 Å². The molecule has 5 aromatic rings. The third-order valence-electron chi connectivity index (χ3n) is 6.08. The van der Waals surface area contributed by atoms with Crippen LogP contribution in [0.2, 0.25) is 0 Å². The van der Waals surface area contributed by atoms with Crippen molar-refractivity contribution in [3.63, 3.8) is 0 Å². The molecule has 0 aliphatic heterocycles. The van der Waals surface area contributed by atoms with Gasteiger partial charge in [-0.3, -0.25) is 9.59 Å². The third kappa shape index (κ3) is 4.97. The average Bonchev–Trinajstić information content (AvgIpc) is 3.30. The SMILES string of the molecule is Cc1ccc(C(=O)c2ccccc2C(=O)NCCSc2c(-c3ccccc3)[nH]c3ccccc23)cc1. The highest BCUT2D eigenvalue weighted by atomic mass is 32.2. The smallest absolute Gasteiger partial charge is 0.252 e. The van der Waals surface area contributed by atoms with E-state index < -0.39 is 0 Å². The van der Waals surface area contributed by atoms with Gasteiger partial charge >= 0.3 is 0 Å². The van der Waals surface area contributed by atoms with E-state index in [4.69, 9.17) is 0 Å². The predicted molar refractivity (Wildman–Crippen MR) is 148 cm³/mol. The summed E-state index contributed by atoms with van der Waals surface area (Å²) in [4.78, 5) is 30.8. The Hall–Kier alpha value is -4.09. The van der Waals surface area contributed by atoms with E-state index in [1.54, 1.807) is 48.2 Å². The van der Waals surface area contributed by atoms with Crippen molar-refractivity contribution in [1.29, 1.82) is 0 Å². The molecule has 1 aromatic heterocycles. The summed E-state index contributed by atoms with van der Waals surface area (Å²) in [6.45, 7) is 2.46. The summed E-state index contributed by atoms with van der Waals surface area (Å²) >= 11 is 1.71. The largest absolute Gasteiger partial charge is 0.354 e. The van der Waals surface area contributed by atoms with Crippen LogP contribution in [0.5, 0.6) is 0 Å². The maximum absolute atomic E-state index is 13.1. The van der Waals surface area contributed by atoms with Gasteiger partial charge in [0.2, 0.25) is 0 Å². The fourth-order valence-electron chi connectivity index (χ4n) is 4.23. The molecule has 0 aliphatic carbocycles. The predicted octanol–water partition coefficient (Wildman–Crippen LogP) is 6.90. The number of aromatic amines is 1. The van der Waals surface area contributed by atoms with Gasteiger partial charge in [0, 0.05) is 39.2 Å². The maximum atomic E-state index is 13.1. The standard InChI is InChI=1S/C31H26N2O2S/c1-21-15-17-23(18-16-21)29(34)24-11-5-6-12-25(24)31(35)32-19-20-36-30-26-13-7-8-14-27(26)33-28(30)22-9-3-2-4-10-22/h2-18,33H,19-20H2,1H3,(H,32,35). The molecule has 178 valence electrons. The third-order valence-corrected chi connectivity index (χ3v) is 7.21. The second-order valence-corrected chi connectivity index (χ2v) is 9.69. The molecule has 1 amide bonds. The van der Waals surface area contributed by atoms with Crippen LogP contribution >= 0.6 is 11.8 Å². The van der Waals surface area contributed by atoms with E-state index in [9.17, 15) is 9.59 Å². The number of carbonyl (C=O) groups excluding carboxylic acids is 2. The number of rotatable bonds is 8.